The maximum atomic E-state index is 6.23. The molecule has 0 bridgehead atoms. The zero-order valence-corrected chi connectivity index (χ0v) is 12.5. The molecule has 3 rings (SSSR count). The minimum absolute atomic E-state index is 0.517. The van der Waals surface area contributed by atoms with Gasteiger partial charge in [0.15, 0.2) is 5.65 Å². The van der Waals surface area contributed by atoms with Gasteiger partial charge in [-0.15, -0.1) is 11.6 Å². The topological polar surface area (TPSA) is 30.7 Å². The van der Waals surface area contributed by atoms with Crippen molar-refractivity contribution in [3.63, 3.8) is 0 Å². The fourth-order valence-electron chi connectivity index (χ4n) is 2.30. The van der Waals surface area contributed by atoms with Gasteiger partial charge in [-0.1, -0.05) is 17.7 Å². The van der Waals surface area contributed by atoms with E-state index in [0.717, 1.165) is 33.3 Å². The maximum Gasteiger partial charge on any atom is 0.164 e. The molecule has 0 amide bonds. The number of hydrogen-bond acceptors (Lipinski definition) is 2. The highest BCUT2D eigenvalue weighted by Gasteiger charge is 2.15. The first kappa shape index (κ1) is 13.4. The van der Waals surface area contributed by atoms with Gasteiger partial charge in [-0.25, -0.2) is 9.97 Å². The molecule has 0 aliphatic rings. The Labute approximate surface area is 127 Å². The average molecular weight is 306 g/mol. The van der Waals surface area contributed by atoms with E-state index in [2.05, 4.69) is 9.97 Å². The molecule has 0 saturated heterocycles. The van der Waals surface area contributed by atoms with Crippen molar-refractivity contribution >= 4 is 34.4 Å². The lowest BCUT2D eigenvalue weighted by molar-refractivity contribution is 0.900. The van der Waals surface area contributed by atoms with E-state index in [-0.39, 0.29) is 0 Å². The minimum Gasteiger partial charge on any atom is -0.280 e. The van der Waals surface area contributed by atoms with E-state index in [1.54, 1.807) is 6.20 Å². The van der Waals surface area contributed by atoms with Gasteiger partial charge in [-0.2, -0.15) is 0 Å². The summed E-state index contributed by atoms with van der Waals surface area (Å²) in [5, 5.41) is 0.733. The zero-order valence-electron chi connectivity index (χ0n) is 11.0. The lowest BCUT2D eigenvalue weighted by Crippen LogP contribution is -2.04. The van der Waals surface area contributed by atoms with Gasteiger partial charge in [0, 0.05) is 23.5 Å². The summed E-state index contributed by atoms with van der Waals surface area (Å²) in [4.78, 5) is 9.07. The second kappa shape index (κ2) is 5.43. The van der Waals surface area contributed by atoms with E-state index in [4.69, 9.17) is 23.2 Å². The van der Waals surface area contributed by atoms with E-state index in [0.29, 0.717) is 12.3 Å². The van der Waals surface area contributed by atoms with Crippen molar-refractivity contribution in [2.45, 2.75) is 13.3 Å². The van der Waals surface area contributed by atoms with Crippen LogP contribution in [0.15, 0.2) is 36.5 Å². The molecule has 1 aromatic carbocycles. The summed E-state index contributed by atoms with van der Waals surface area (Å²) < 4.78 is 2.04. The van der Waals surface area contributed by atoms with Crippen molar-refractivity contribution < 1.29 is 0 Å². The monoisotopic (exact) mass is 305 g/mol. The summed E-state index contributed by atoms with van der Waals surface area (Å²) in [7, 11) is 0. The Hall–Kier alpha value is -1.58. The molecule has 0 aliphatic heterocycles. The Kier molecular flexibility index (Phi) is 3.64. The third-order valence-corrected chi connectivity index (χ3v) is 3.88. The van der Waals surface area contributed by atoms with Gasteiger partial charge in [0.05, 0.1) is 5.69 Å². The van der Waals surface area contributed by atoms with Crippen molar-refractivity contribution in [1.82, 2.24) is 14.5 Å². The molecule has 2 heterocycles. The predicted octanol–water partition coefficient (Wildman–Crippen LogP) is 4.16. The lowest BCUT2D eigenvalue weighted by atomic mass is 10.2. The number of aryl methyl sites for hydroxylation is 1. The van der Waals surface area contributed by atoms with E-state index in [9.17, 15) is 0 Å². The van der Waals surface area contributed by atoms with Crippen LogP contribution >= 0.6 is 23.2 Å². The van der Waals surface area contributed by atoms with Gasteiger partial charge in [0.25, 0.3) is 0 Å². The van der Waals surface area contributed by atoms with Gasteiger partial charge >= 0.3 is 0 Å². The number of nitrogens with zero attached hydrogens (tertiary/aromatic N) is 3. The fraction of sp³-hybridized carbons (Fsp3) is 0.200. The highest BCUT2D eigenvalue weighted by Crippen LogP contribution is 2.26. The number of alkyl halides is 1. The third kappa shape index (κ3) is 2.17. The van der Waals surface area contributed by atoms with Gasteiger partial charge in [-0.05, 0) is 36.8 Å². The van der Waals surface area contributed by atoms with Crippen LogP contribution in [-0.2, 0) is 6.42 Å². The molecule has 5 heteroatoms. The molecule has 0 aliphatic carbocycles. The van der Waals surface area contributed by atoms with Crippen molar-refractivity contribution in [1.29, 1.82) is 0 Å². The van der Waals surface area contributed by atoms with Crippen LogP contribution in [0.1, 0.15) is 11.4 Å². The highest BCUT2D eigenvalue weighted by molar-refractivity contribution is 6.31. The third-order valence-electron chi connectivity index (χ3n) is 3.28. The minimum atomic E-state index is 0.517. The molecule has 0 atom stereocenters. The second-order valence-corrected chi connectivity index (χ2v) is 5.32. The van der Waals surface area contributed by atoms with Crippen LogP contribution in [-0.4, -0.2) is 20.4 Å². The van der Waals surface area contributed by atoms with Gasteiger partial charge in [0.1, 0.15) is 11.3 Å². The molecule has 0 unspecified atom stereocenters. The molecule has 3 aromatic rings. The van der Waals surface area contributed by atoms with Crippen LogP contribution in [0.25, 0.3) is 16.9 Å². The molecular weight excluding hydrogens is 293 g/mol. The average Bonchev–Trinajstić information content (AvgIpc) is 2.80. The second-order valence-electron chi connectivity index (χ2n) is 4.53. The lowest BCUT2D eigenvalue weighted by Gasteiger charge is -2.12. The predicted molar refractivity (Wildman–Crippen MR) is 83.0 cm³/mol. The van der Waals surface area contributed by atoms with Crippen LogP contribution in [0, 0.1) is 6.92 Å². The van der Waals surface area contributed by atoms with E-state index in [1.165, 1.54) is 0 Å². The number of aromatic nitrogens is 3. The van der Waals surface area contributed by atoms with Gasteiger partial charge < -0.3 is 0 Å². The van der Waals surface area contributed by atoms with Crippen LogP contribution in [0.5, 0.6) is 0 Å². The molecular formula is C15H13Cl2N3. The van der Waals surface area contributed by atoms with E-state index >= 15 is 0 Å². The summed E-state index contributed by atoms with van der Waals surface area (Å²) >= 11 is 12.1. The molecule has 20 heavy (non-hydrogen) atoms. The Morgan fingerprint density at radius 2 is 2.05 bits per heavy atom. The first-order valence-corrected chi connectivity index (χ1v) is 7.27. The Bertz CT molecular complexity index is 765. The molecule has 3 nitrogen and oxygen atoms in total. The van der Waals surface area contributed by atoms with Crippen molar-refractivity contribution in [3.8, 4) is 5.69 Å². The number of imidazole rings is 1. The number of hydrogen-bond donors (Lipinski definition) is 0. The Morgan fingerprint density at radius 3 is 2.85 bits per heavy atom. The van der Waals surface area contributed by atoms with Crippen molar-refractivity contribution in [2.75, 3.05) is 5.88 Å². The maximum absolute atomic E-state index is 6.23. The first-order chi connectivity index (χ1) is 9.72. The van der Waals surface area contributed by atoms with Crippen LogP contribution in [0.3, 0.4) is 0 Å². The summed E-state index contributed by atoms with van der Waals surface area (Å²) in [5.74, 6) is 1.42. The molecule has 0 saturated carbocycles. The Balaban J connectivity index is 2.33. The standard InChI is InChI=1S/C15H13Cl2N3/c1-10-11(17)4-2-6-13(10)20-14(7-8-16)19-12-5-3-9-18-15(12)20/h2-6,9H,7-8H2,1H3. The molecule has 2 aromatic heterocycles. The normalized spacial score (nSPS) is 11.2. The fourth-order valence-corrected chi connectivity index (χ4v) is 2.64. The molecule has 0 fully saturated rings. The van der Waals surface area contributed by atoms with Crippen LogP contribution < -0.4 is 0 Å². The van der Waals surface area contributed by atoms with Crippen LogP contribution in [0.2, 0.25) is 5.02 Å². The van der Waals surface area contributed by atoms with Crippen molar-refractivity contribution in [3.05, 3.63) is 52.9 Å². The summed E-state index contributed by atoms with van der Waals surface area (Å²) in [6.45, 7) is 2.00. The molecule has 0 radical (unpaired) electrons. The highest BCUT2D eigenvalue weighted by atomic mass is 35.5. The largest absolute Gasteiger partial charge is 0.280 e. The zero-order chi connectivity index (χ0) is 14.1. The quantitative estimate of drug-likeness (QED) is 0.680. The van der Waals surface area contributed by atoms with Crippen LogP contribution in [0.4, 0.5) is 0 Å². The first-order valence-electron chi connectivity index (χ1n) is 6.36. The van der Waals surface area contributed by atoms with E-state index in [1.807, 2.05) is 41.8 Å². The number of pyridine rings is 1. The van der Waals surface area contributed by atoms with Crippen molar-refractivity contribution in [2.24, 2.45) is 0 Å². The number of benzene rings is 1. The molecule has 0 N–H and O–H groups in total. The number of fused-ring (bicyclic) bond motifs is 1. The Morgan fingerprint density at radius 1 is 1.20 bits per heavy atom. The molecule has 0 spiro atoms. The number of halogens is 2. The smallest absolute Gasteiger partial charge is 0.164 e. The SMILES string of the molecule is Cc1c(Cl)cccc1-n1c(CCCl)nc2cccnc21. The van der Waals surface area contributed by atoms with Gasteiger partial charge in [-0.3, -0.25) is 4.57 Å². The molecule has 102 valence electrons. The summed E-state index contributed by atoms with van der Waals surface area (Å²) in [6, 6.07) is 9.68. The van der Waals surface area contributed by atoms with E-state index < -0.39 is 0 Å². The summed E-state index contributed by atoms with van der Waals surface area (Å²) in [5.41, 5.74) is 3.71. The summed E-state index contributed by atoms with van der Waals surface area (Å²) in [6.07, 6.45) is 2.45. The van der Waals surface area contributed by atoms with Gasteiger partial charge in [0.2, 0.25) is 0 Å². The number of rotatable bonds is 3.